The van der Waals surface area contributed by atoms with Gasteiger partial charge in [-0.1, -0.05) is 12.8 Å². The quantitative estimate of drug-likeness (QED) is 0.731. The minimum absolute atomic E-state index is 0.0347. The van der Waals surface area contributed by atoms with Gasteiger partial charge < -0.3 is 10.4 Å². The third-order valence-electron chi connectivity index (χ3n) is 4.84. The highest BCUT2D eigenvalue weighted by molar-refractivity contribution is 5.01. The number of hydrogen-bond donors (Lipinski definition) is 2. The first-order valence-electron chi connectivity index (χ1n) is 6.73. The highest BCUT2D eigenvalue weighted by atomic mass is 16.3. The topological polar surface area (TPSA) is 32.3 Å². The van der Waals surface area contributed by atoms with E-state index in [1.807, 2.05) is 0 Å². The van der Waals surface area contributed by atoms with E-state index in [0.29, 0.717) is 11.5 Å². The lowest BCUT2D eigenvalue weighted by Gasteiger charge is -2.44. The number of rotatable bonds is 2. The fraction of sp³-hybridized carbons (Fsp3) is 1.00. The Morgan fingerprint density at radius 2 is 1.73 bits per heavy atom. The van der Waals surface area contributed by atoms with Gasteiger partial charge in [0.1, 0.15) is 0 Å². The van der Waals surface area contributed by atoms with Crippen molar-refractivity contribution in [1.29, 1.82) is 0 Å². The van der Waals surface area contributed by atoms with E-state index in [2.05, 4.69) is 5.32 Å². The van der Waals surface area contributed by atoms with Crippen LogP contribution in [0.15, 0.2) is 0 Å². The first-order valence-corrected chi connectivity index (χ1v) is 6.73. The van der Waals surface area contributed by atoms with Crippen LogP contribution in [0.25, 0.3) is 0 Å². The van der Waals surface area contributed by atoms with Crippen LogP contribution in [0, 0.1) is 5.41 Å². The number of hydrogen-bond acceptors (Lipinski definition) is 2. The maximum absolute atomic E-state index is 9.82. The van der Waals surface area contributed by atoms with Crippen LogP contribution in [0.5, 0.6) is 0 Å². The van der Waals surface area contributed by atoms with Crippen molar-refractivity contribution in [2.75, 3.05) is 0 Å². The lowest BCUT2D eigenvalue weighted by Crippen LogP contribution is -2.50. The van der Waals surface area contributed by atoms with Crippen molar-refractivity contribution in [3.05, 3.63) is 0 Å². The van der Waals surface area contributed by atoms with Gasteiger partial charge in [-0.05, 0) is 50.4 Å². The second-order valence-corrected chi connectivity index (χ2v) is 5.99. The Balaban J connectivity index is 1.71. The third-order valence-corrected chi connectivity index (χ3v) is 4.84. The summed E-state index contributed by atoms with van der Waals surface area (Å²) in [4.78, 5) is 0. The van der Waals surface area contributed by atoms with Gasteiger partial charge in [0.25, 0.3) is 0 Å². The van der Waals surface area contributed by atoms with E-state index >= 15 is 0 Å². The summed E-state index contributed by atoms with van der Waals surface area (Å²) < 4.78 is 0. The van der Waals surface area contributed by atoms with Crippen LogP contribution in [0.2, 0.25) is 0 Å². The summed E-state index contributed by atoms with van der Waals surface area (Å²) in [5, 5.41) is 13.6. The SMILES string of the molecule is OC1CCC2(CCCC2)C(NC2CC2)C1. The van der Waals surface area contributed by atoms with Crippen molar-refractivity contribution in [1.82, 2.24) is 5.32 Å². The molecule has 86 valence electrons. The van der Waals surface area contributed by atoms with Gasteiger partial charge in [0.2, 0.25) is 0 Å². The van der Waals surface area contributed by atoms with Gasteiger partial charge in [0, 0.05) is 12.1 Å². The summed E-state index contributed by atoms with van der Waals surface area (Å²) >= 11 is 0. The second-order valence-electron chi connectivity index (χ2n) is 5.99. The van der Waals surface area contributed by atoms with Gasteiger partial charge in [-0.2, -0.15) is 0 Å². The van der Waals surface area contributed by atoms with Crippen molar-refractivity contribution < 1.29 is 5.11 Å². The predicted octanol–water partition coefficient (Wildman–Crippen LogP) is 2.21. The average Bonchev–Trinajstić information content (AvgIpc) is 2.92. The summed E-state index contributed by atoms with van der Waals surface area (Å²) in [5.41, 5.74) is 0.571. The van der Waals surface area contributed by atoms with E-state index in [4.69, 9.17) is 0 Å². The van der Waals surface area contributed by atoms with E-state index in [0.717, 1.165) is 18.9 Å². The average molecular weight is 209 g/mol. The Morgan fingerprint density at radius 1 is 1.00 bits per heavy atom. The molecule has 0 aliphatic heterocycles. The molecule has 3 saturated carbocycles. The summed E-state index contributed by atoms with van der Waals surface area (Å²) in [6.45, 7) is 0. The molecule has 3 aliphatic carbocycles. The molecule has 3 fully saturated rings. The molecule has 3 aliphatic rings. The molecular weight excluding hydrogens is 186 g/mol. The highest BCUT2D eigenvalue weighted by Gasteiger charge is 2.46. The van der Waals surface area contributed by atoms with E-state index in [1.54, 1.807) is 0 Å². The molecule has 0 amide bonds. The molecule has 2 unspecified atom stereocenters. The maximum atomic E-state index is 9.82. The maximum Gasteiger partial charge on any atom is 0.0555 e. The molecule has 2 nitrogen and oxygen atoms in total. The fourth-order valence-electron chi connectivity index (χ4n) is 3.73. The molecule has 0 aromatic rings. The Bertz CT molecular complexity index is 229. The number of nitrogens with one attached hydrogen (secondary N) is 1. The largest absolute Gasteiger partial charge is 0.393 e. The van der Waals surface area contributed by atoms with Crippen LogP contribution in [0.3, 0.4) is 0 Å². The first kappa shape index (κ1) is 10.1. The van der Waals surface area contributed by atoms with E-state index in [-0.39, 0.29) is 6.10 Å². The molecule has 2 N–H and O–H groups in total. The Labute approximate surface area is 92.4 Å². The third kappa shape index (κ3) is 1.94. The highest BCUT2D eigenvalue weighted by Crippen LogP contribution is 2.49. The molecule has 0 heterocycles. The Kier molecular flexibility index (Phi) is 2.52. The summed E-state index contributed by atoms with van der Waals surface area (Å²) in [6.07, 6.45) is 11.7. The molecule has 2 atom stereocenters. The van der Waals surface area contributed by atoms with Crippen molar-refractivity contribution in [2.24, 2.45) is 5.41 Å². The van der Waals surface area contributed by atoms with Gasteiger partial charge in [0.05, 0.1) is 6.10 Å². The first-order chi connectivity index (χ1) is 7.28. The second kappa shape index (κ2) is 3.74. The van der Waals surface area contributed by atoms with Gasteiger partial charge in [-0.3, -0.25) is 0 Å². The van der Waals surface area contributed by atoms with Gasteiger partial charge in [0.15, 0.2) is 0 Å². The van der Waals surface area contributed by atoms with Gasteiger partial charge >= 0.3 is 0 Å². The van der Waals surface area contributed by atoms with E-state index < -0.39 is 0 Å². The minimum atomic E-state index is -0.0347. The van der Waals surface area contributed by atoms with E-state index in [1.165, 1.54) is 44.9 Å². The van der Waals surface area contributed by atoms with Crippen LogP contribution in [0.1, 0.15) is 57.8 Å². The minimum Gasteiger partial charge on any atom is -0.393 e. The standard InChI is InChI=1S/C13H23NO/c15-11-5-8-13(6-1-2-7-13)12(9-11)14-10-3-4-10/h10-12,14-15H,1-9H2. The molecule has 3 rings (SSSR count). The van der Waals surface area contributed by atoms with E-state index in [9.17, 15) is 5.11 Å². The Morgan fingerprint density at radius 3 is 2.40 bits per heavy atom. The zero-order valence-corrected chi connectivity index (χ0v) is 9.54. The predicted molar refractivity (Wildman–Crippen MR) is 60.7 cm³/mol. The molecule has 2 heteroatoms. The van der Waals surface area contributed by atoms with Crippen LogP contribution < -0.4 is 5.32 Å². The molecular formula is C13H23NO. The summed E-state index contributed by atoms with van der Waals surface area (Å²) in [7, 11) is 0. The Hall–Kier alpha value is -0.0800. The van der Waals surface area contributed by atoms with Crippen molar-refractivity contribution >= 4 is 0 Å². The number of aliphatic hydroxyl groups excluding tert-OH is 1. The van der Waals surface area contributed by atoms with Crippen LogP contribution in [-0.2, 0) is 0 Å². The molecule has 0 saturated heterocycles. The molecule has 0 aromatic carbocycles. The zero-order chi connectivity index (χ0) is 10.3. The van der Waals surface area contributed by atoms with Crippen LogP contribution in [0.4, 0.5) is 0 Å². The van der Waals surface area contributed by atoms with Crippen LogP contribution >= 0.6 is 0 Å². The summed E-state index contributed by atoms with van der Waals surface area (Å²) in [6, 6.07) is 1.41. The monoisotopic (exact) mass is 209 g/mol. The number of aliphatic hydroxyl groups is 1. The smallest absolute Gasteiger partial charge is 0.0555 e. The lowest BCUT2D eigenvalue weighted by atomic mass is 9.68. The molecule has 0 radical (unpaired) electrons. The fourth-order valence-corrected chi connectivity index (χ4v) is 3.73. The van der Waals surface area contributed by atoms with Crippen molar-refractivity contribution in [2.45, 2.75) is 76.0 Å². The molecule has 1 spiro atoms. The summed E-state index contributed by atoms with van der Waals surface area (Å²) in [5.74, 6) is 0. The zero-order valence-electron chi connectivity index (χ0n) is 9.54. The molecule has 0 aromatic heterocycles. The lowest BCUT2D eigenvalue weighted by molar-refractivity contribution is 0.0320. The van der Waals surface area contributed by atoms with Crippen molar-refractivity contribution in [3.8, 4) is 0 Å². The van der Waals surface area contributed by atoms with Crippen LogP contribution in [-0.4, -0.2) is 23.3 Å². The molecule has 15 heavy (non-hydrogen) atoms. The van der Waals surface area contributed by atoms with Crippen molar-refractivity contribution in [3.63, 3.8) is 0 Å². The van der Waals surface area contributed by atoms with Gasteiger partial charge in [-0.25, -0.2) is 0 Å². The molecule has 0 bridgehead atoms. The normalized spacial score (nSPS) is 39.8. The van der Waals surface area contributed by atoms with Gasteiger partial charge in [-0.15, -0.1) is 0 Å².